The molecule has 0 unspecified atom stereocenters. The van der Waals surface area contributed by atoms with E-state index in [0.717, 1.165) is 0 Å². The molecule has 0 saturated carbocycles. The molecule has 0 radical (unpaired) electrons. The van der Waals surface area contributed by atoms with Gasteiger partial charge >= 0.3 is 0 Å². The van der Waals surface area contributed by atoms with Gasteiger partial charge in [0.2, 0.25) is 0 Å². The maximum atomic E-state index is 6.96. The molecule has 4 nitrogen and oxygen atoms in total. The molecule has 0 rings (SSSR count). The Balaban J connectivity index is -0.0000000569. The zero-order valence-electron chi connectivity index (χ0n) is 6.36. The lowest BCUT2D eigenvalue weighted by atomic mass is 12.0. The first-order valence-corrected chi connectivity index (χ1v) is 20.8. The molecule has 0 aliphatic carbocycles. The molecule has 0 aromatic rings. The Morgan fingerprint density at radius 2 is 1.50 bits per heavy atom. The lowest BCUT2D eigenvalue weighted by Gasteiger charge is -1.80. The SMILES string of the molecule is C.C.N=[SiH][Si](=N)[Si](=N)N.[SiH3][SiH2][SiH3]. The molecule has 12 heavy (non-hydrogen) atoms. The monoisotopic (exact) mass is 270 g/mol. The molecule has 74 valence electrons. The Hall–Kier alpha value is 0.501. The third kappa shape index (κ3) is 22.4. The third-order valence-electron chi connectivity index (χ3n) is 0.435. The van der Waals surface area contributed by atoms with Gasteiger partial charge in [0.05, 0.1) is 0 Å². The summed E-state index contributed by atoms with van der Waals surface area (Å²) in [4.78, 5) is 0. The first-order chi connectivity index (χ1) is 4.59. The van der Waals surface area contributed by atoms with Crippen LogP contribution in [0.25, 0.3) is 0 Å². The van der Waals surface area contributed by atoms with Crippen molar-refractivity contribution in [2.75, 3.05) is 0 Å². The van der Waals surface area contributed by atoms with Crippen molar-refractivity contribution in [3.05, 3.63) is 0 Å². The van der Waals surface area contributed by atoms with E-state index in [-0.39, 0.29) is 14.9 Å². The van der Waals surface area contributed by atoms with Crippen LogP contribution in [0.4, 0.5) is 0 Å². The highest BCUT2D eigenvalue weighted by atomic mass is 29.5. The smallest absolute Gasteiger partial charge is 0.254 e. The molecule has 0 saturated heterocycles. The molecule has 0 atom stereocenters. The van der Waals surface area contributed by atoms with E-state index in [4.69, 9.17) is 20.6 Å². The molecule has 0 bridgehead atoms. The summed E-state index contributed by atoms with van der Waals surface area (Å²) in [5.74, 6) is 0. The second kappa shape index (κ2) is 17.5. The van der Waals surface area contributed by atoms with Crippen molar-refractivity contribution < 1.29 is 0 Å². The number of hydrogen-bond donors (Lipinski definition) is 4. The fourth-order valence-corrected chi connectivity index (χ4v) is 2.10. The Morgan fingerprint density at radius 1 is 1.25 bits per heavy atom. The Labute approximate surface area is 88.2 Å². The van der Waals surface area contributed by atoms with Gasteiger partial charge < -0.3 is 20.6 Å². The average molecular weight is 271 g/mol. The molecule has 10 heteroatoms. The summed E-state index contributed by atoms with van der Waals surface area (Å²) in [6.07, 6.45) is 0. The lowest BCUT2D eigenvalue weighted by molar-refractivity contribution is 1.53. The van der Waals surface area contributed by atoms with Crippen LogP contribution in [0.1, 0.15) is 14.9 Å². The molecule has 0 aromatic carbocycles. The van der Waals surface area contributed by atoms with Gasteiger partial charge in [-0.25, -0.2) is 0 Å². The van der Waals surface area contributed by atoms with Gasteiger partial charge in [0.1, 0.15) is 8.83 Å². The predicted octanol–water partition coefficient (Wildman–Crippen LogP) is -3.12. The summed E-state index contributed by atoms with van der Waals surface area (Å²) in [5, 5.41) is 25.6. The largest absolute Gasteiger partial charge is 0.419 e. The second-order valence-electron chi connectivity index (χ2n) is 1.68. The van der Waals surface area contributed by atoms with Crippen molar-refractivity contribution in [2.45, 2.75) is 14.9 Å². The van der Waals surface area contributed by atoms with Crippen LogP contribution in [-0.4, -0.2) is 52.8 Å². The molecule has 0 aliphatic heterocycles. The minimum atomic E-state index is -1.60. The fraction of sp³-hybridized carbons (Fsp3) is 1.00. The van der Waals surface area contributed by atoms with Crippen molar-refractivity contribution in [1.82, 2.24) is 0 Å². The lowest BCUT2D eigenvalue weighted by Crippen LogP contribution is -2.29. The minimum absolute atomic E-state index is 0. The van der Waals surface area contributed by atoms with Crippen LogP contribution in [0.15, 0.2) is 0 Å². The third-order valence-corrected chi connectivity index (χ3v) is 8.01. The first-order valence-electron chi connectivity index (χ1n) is 3.03. The van der Waals surface area contributed by atoms with E-state index >= 15 is 0 Å². The summed E-state index contributed by atoms with van der Waals surface area (Å²) in [6.45, 7) is 0. The summed E-state index contributed by atoms with van der Waals surface area (Å²) < 4.78 is 0. The molecular formula is C2H22N4Si6. The minimum Gasteiger partial charge on any atom is -0.419 e. The summed E-state index contributed by atoms with van der Waals surface area (Å²) in [7, 11) is 0.291. The van der Waals surface area contributed by atoms with Crippen LogP contribution >= 0.6 is 0 Å². The van der Waals surface area contributed by atoms with Gasteiger partial charge in [-0.1, -0.05) is 14.9 Å². The fourth-order valence-electron chi connectivity index (χ4n) is 0.0778. The first kappa shape index (κ1) is 22.9. The van der Waals surface area contributed by atoms with Crippen LogP contribution in [-0.2, 0) is 0 Å². The molecule has 0 heterocycles. The summed E-state index contributed by atoms with van der Waals surface area (Å²) in [6, 6.07) is 0. The van der Waals surface area contributed by atoms with Gasteiger partial charge in [-0.2, -0.15) is 0 Å². The van der Waals surface area contributed by atoms with Crippen molar-refractivity contribution in [1.29, 1.82) is 15.2 Å². The zero-order chi connectivity index (χ0) is 8.57. The number of nitrogens with two attached hydrogens (primary N) is 1. The zero-order valence-corrected chi connectivity index (χ0v) is 14.9. The van der Waals surface area contributed by atoms with Crippen molar-refractivity contribution in [3.63, 3.8) is 0 Å². The van der Waals surface area contributed by atoms with Gasteiger partial charge in [0.25, 0.3) is 8.27 Å². The molecule has 0 amide bonds. The molecule has 0 fully saturated rings. The van der Waals surface area contributed by atoms with Gasteiger partial charge in [0.15, 0.2) is 7.62 Å². The van der Waals surface area contributed by atoms with E-state index in [1.165, 1.54) is 0 Å². The molecule has 5 N–H and O–H groups in total. The van der Waals surface area contributed by atoms with Crippen LogP contribution in [0.3, 0.4) is 0 Å². The van der Waals surface area contributed by atoms with Crippen LogP contribution in [0, 0.1) is 15.2 Å². The van der Waals surface area contributed by atoms with Crippen molar-refractivity contribution in [3.8, 4) is 0 Å². The van der Waals surface area contributed by atoms with E-state index < -0.39 is 24.7 Å². The Bertz CT molecular complexity index is 136. The quantitative estimate of drug-likeness (QED) is 0.393. The van der Waals surface area contributed by atoms with Crippen LogP contribution < -0.4 is 5.40 Å². The number of rotatable bonds is 2. The predicted molar refractivity (Wildman–Crippen MR) is 72.9 cm³/mol. The standard InChI is InChI=1S/2CH4.H6N4Si3.H8Si3/c;;1-5-7(4)6(2)3;1-3-2/h2*1H4;1-2,4-5H,3H2;3H2,1-2H3. The van der Waals surface area contributed by atoms with E-state index in [1.807, 2.05) is 0 Å². The van der Waals surface area contributed by atoms with E-state index in [2.05, 4.69) is 0 Å². The highest BCUT2D eigenvalue weighted by molar-refractivity contribution is 7.31. The highest BCUT2D eigenvalue weighted by Gasteiger charge is 1.96. The number of nitrogens with one attached hydrogen (secondary N) is 3. The van der Waals surface area contributed by atoms with E-state index in [9.17, 15) is 0 Å². The van der Waals surface area contributed by atoms with E-state index in [1.54, 1.807) is 19.5 Å². The van der Waals surface area contributed by atoms with Gasteiger partial charge in [0, 0.05) is 0 Å². The average Bonchev–Trinajstić information content (AvgIpc) is 1.88. The molecular weight excluding hydrogens is 249 g/mol. The van der Waals surface area contributed by atoms with Crippen molar-refractivity contribution in [2.24, 2.45) is 5.40 Å². The maximum Gasteiger partial charge on any atom is 0.254 e. The van der Waals surface area contributed by atoms with Crippen LogP contribution in [0.5, 0.6) is 0 Å². The van der Waals surface area contributed by atoms with Crippen LogP contribution in [0.2, 0.25) is 0 Å². The van der Waals surface area contributed by atoms with Gasteiger partial charge in [-0.15, -0.1) is 0 Å². The maximum absolute atomic E-state index is 6.96. The van der Waals surface area contributed by atoms with Gasteiger partial charge in [-0.3, -0.25) is 0 Å². The number of hydrogen-bond acceptors (Lipinski definition) is 3. The Morgan fingerprint density at radius 3 is 1.50 bits per heavy atom. The molecule has 0 aliphatic rings. The molecule has 0 aromatic heterocycles. The normalized spacial score (nSPS) is 7.33. The topological polar surface area (TPSA) is 97.6 Å². The summed E-state index contributed by atoms with van der Waals surface area (Å²) in [5.41, 5.74) is 0. The molecule has 0 spiro atoms. The summed E-state index contributed by atoms with van der Waals surface area (Å²) >= 11 is 0. The van der Waals surface area contributed by atoms with E-state index in [0.29, 0.717) is 8.55 Å². The second-order valence-corrected chi connectivity index (χ2v) is 29.6. The van der Waals surface area contributed by atoms with Gasteiger partial charge in [-0.05, 0) is 28.1 Å². The highest BCUT2D eigenvalue weighted by Crippen LogP contribution is 1.51. The Kier molecular flexibility index (Phi) is 33.5. The van der Waals surface area contributed by atoms with Crippen molar-refractivity contribution >= 4 is 52.8 Å².